The number of nitrogens with one attached hydrogen (secondary N) is 2. The minimum absolute atomic E-state index is 0.180. The van der Waals surface area contributed by atoms with E-state index in [9.17, 15) is 4.39 Å². The molecular weight excluding hydrogens is 309 g/mol. The van der Waals surface area contributed by atoms with Crippen molar-refractivity contribution in [3.05, 3.63) is 46.5 Å². The van der Waals surface area contributed by atoms with Gasteiger partial charge < -0.3 is 22.1 Å². The molecule has 1 heterocycles. The van der Waals surface area contributed by atoms with Crippen LogP contribution in [0.15, 0.2) is 39.0 Å². The zero-order valence-corrected chi connectivity index (χ0v) is 14.0. The number of guanidine groups is 1. The Hall–Kier alpha value is -2.74. The Balaban J connectivity index is 2.23. The molecule has 0 unspecified atom stereocenters. The number of hydrogen-bond donors (Lipinski definition) is 4. The summed E-state index contributed by atoms with van der Waals surface area (Å²) in [6.07, 6.45) is 2.92. The van der Waals surface area contributed by atoms with Crippen molar-refractivity contribution in [1.82, 2.24) is 10.6 Å². The summed E-state index contributed by atoms with van der Waals surface area (Å²) in [5.41, 5.74) is 13.6. The highest BCUT2D eigenvalue weighted by Gasteiger charge is 2.19. The second-order valence-electron chi connectivity index (χ2n) is 5.34. The Bertz CT molecular complexity index is 732. The fourth-order valence-electron chi connectivity index (χ4n) is 2.36. The third-order valence-electron chi connectivity index (χ3n) is 3.58. The molecule has 24 heavy (non-hydrogen) atoms. The number of amidine groups is 1. The van der Waals surface area contributed by atoms with Crippen LogP contribution in [-0.4, -0.2) is 31.7 Å². The predicted molar refractivity (Wildman–Crippen MR) is 95.5 cm³/mol. The van der Waals surface area contributed by atoms with Gasteiger partial charge in [-0.25, -0.2) is 14.4 Å². The lowest BCUT2D eigenvalue weighted by Crippen LogP contribution is -2.44. The number of hydrogen-bond acceptors (Lipinski definition) is 7. The number of nitrogens with zero attached hydrogens (tertiary/aromatic N) is 3. The Morgan fingerprint density at radius 2 is 2.21 bits per heavy atom. The molecule has 0 aliphatic carbocycles. The van der Waals surface area contributed by atoms with Gasteiger partial charge in [-0.3, -0.25) is 4.99 Å². The van der Waals surface area contributed by atoms with Gasteiger partial charge in [0.25, 0.3) is 0 Å². The largest absolute Gasteiger partial charge is 0.403 e. The normalized spacial score (nSPS) is 16.5. The molecule has 1 aromatic carbocycles. The summed E-state index contributed by atoms with van der Waals surface area (Å²) in [6.45, 7) is 3.71. The minimum Gasteiger partial charge on any atom is -0.403 e. The van der Waals surface area contributed by atoms with Gasteiger partial charge in [0, 0.05) is 25.5 Å². The lowest BCUT2D eigenvalue weighted by molar-refractivity contribution is 0.608. The SMILES string of the molecule is CN=CC(=CN)NC1=NCN=C(c2ccc([C@@H](C)N)c(C)c2F)N1. The fraction of sp³-hybridized carbons (Fsp3) is 0.312. The number of rotatable bonds is 4. The van der Waals surface area contributed by atoms with Crippen LogP contribution < -0.4 is 22.1 Å². The van der Waals surface area contributed by atoms with Crippen molar-refractivity contribution in [2.75, 3.05) is 13.7 Å². The van der Waals surface area contributed by atoms with Gasteiger partial charge in [-0.2, -0.15) is 0 Å². The second kappa shape index (κ2) is 7.69. The van der Waals surface area contributed by atoms with E-state index in [1.807, 2.05) is 13.0 Å². The molecule has 0 saturated heterocycles. The third-order valence-corrected chi connectivity index (χ3v) is 3.58. The molecule has 0 fully saturated rings. The van der Waals surface area contributed by atoms with Crippen LogP contribution in [0.5, 0.6) is 0 Å². The molecule has 1 aliphatic rings. The maximum atomic E-state index is 14.7. The molecule has 1 atom stereocenters. The smallest absolute Gasteiger partial charge is 0.203 e. The van der Waals surface area contributed by atoms with Gasteiger partial charge in [0.15, 0.2) is 0 Å². The zero-order valence-electron chi connectivity index (χ0n) is 14.0. The molecule has 128 valence electrons. The number of halogens is 1. The van der Waals surface area contributed by atoms with E-state index in [0.29, 0.717) is 28.6 Å². The van der Waals surface area contributed by atoms with E-state index >= 15 is 0 Å². The molecule has 1 aliphatic heterocycles. The van der Waals surface area contributed by atoms with Crippen LogP contribution in [0, 0.1) is 12.7 Å². The quantitative estimate of drug-likeness (QED) is 0.614. The van der Waals surface area contributed by atoms with Crippen molar-refractivity contribution in [3.8, 4) is 0 Å². The van der Waals surface area contributed by atoms with Gasteiger partial charge in [0.2, 0.25) is 5.96 Å². The van der Waals surface area contributed by atoms with Gasteiger partial charge in [-0.15, -0.1) is 0 Å². The first-order chi connectivity index (χ1) is 11.5. The van der Waals surface area contributed by atoms with E-state index < -0.39 is 0 Å². The van der Waals surface area contributed by atoms with Crippen molar-refractivity contribution in [3.63, 3.8) is 0 Å². The van der Waals surface area contributed by atoms with Crippen LogP contribution >= 0.6 is 0 Å². The Morgan fingerprint density at radius 1 is 1.46 bits per heavy atom. The average Bonchev–Trinajstić information content (AvgIpc) is 2.56. The van der Waals surface area contributed by atoms with Crippen LogP contribution in [0.2, 0.25) is 0 Å². The first kappa shape index (κ1) is 17.6. The zero-order chi connectivity index (χ0) is 17.7. The first-order valence-electron chi connectivity index (χ1n) is 7.49. The first-order valence-corrected chi connectivity index (χ1v) is 7.49. The van der Waals surface area contributed by atoms with Crippen LogP contribution in [0.1, 0.15) is 29.7 Å². The molecule has 6 N–H and O–H groups in total. The molecule has 0 radical (unpaired) electrons. The van der Waals surface area contributed by atoms with E-state index in [2.05, 4.69) is 25.6 Å². The highest BCUT2D eigenvalue weighted by atomic mass is 19.1. The highest BCUT2D eigenvalue weighted by Crippen LogP contribution is 2.22. The summed E-state index contributed by atoms with van der Waals surface area (Å²) in [7, 11) is 1.63. The molecule has 0 saturated carbocycles. The summed E-state index contributed by atoms with van der Waals surface area (Å²) in [6, 6.07) is 3.25. The second-order valence-corrected chi connectivity index (χ2v) is 5.34. The van der Waals surface area contributed by atoms with E-state index in [0.717, 1.165) is 5.56 Å². The van der Waals surface area contributed by atoms with E-state index in [1.165, 1.54) is 6.20 Å². The molecule has 0 spiro atoms. The number of benzene rings is 1. The predicted octanol–water partition coefficient (Wildman–Crippen LogP) is 0.907. The van der Waals surface area contributed by atoms with Gasteiger partial charge in [-0.05, 0) is 31.0 Å². The van der Waals surface area contributed by atoms with Gasteiger partial charge in [0.1, 0.15) is 18.3 Å². The summed E-state index contributed by atoms with van der Waals surface area (Å²) in [4.78, 5) is 12.3. The summed E-state index contributed by atoms with van der Waals surface area (Å²) in [5.74, 6) is 0.473. The number of aliphatic imine (C=N–C) groups is 3. The van der Waals surface area contributed by atoms with Crippen molar-refractivity contribution < 1.29 is 4.39 Å². The highest BCUT2D eigenvalue weighted by molar-refractivity contribution is 6.11. The number of nitrogens with two attached hydrogens (primary N) is 2. The lowest BCUT2D eigenvalue weighted by Gasteiger charge is -2.19. The monoisotopic (exact) mass is 331 g/mol. The van der Waals surface area contributed by atoms with Crippen molar-refractivity contribution >= 4 is 18.0 Å². The Labute approximate surface area is 140 Å². The third kappa shape index (κ3) is 3.77. The molecular formula is C16H22FN7. The van der Waals surface area contributed by atoms with Crippen LogP contribution in [-0.2, 0) is 0 Å². The topological polar surface area (TPSA) is 113 Å². The van der Waals surface area contributed by atoms with Crippen molar-refractivity contribution in [1.29, 1.82) is 0 Å². The minimum atomic E-state index is -0.345. The van der Waals surface area contributed by atoms with E-state index in [4.69, 9.17) is 11.5 Å². The van der Waals surface area contributed by atoms with Crippen molar-refractivity contribution in [2.45, 2.75) is 19.9 Å². The average molecular weight is 331 g/mol. The Kier molecular flexibility index (Phi) is 5.64. The van der Waals surface area contributed by atoms with Gasteiger partial charge in [0.05, 0.1) is 11.3 Å². The lowest BCUT2D eigenvalue weighted by atomic mass is 9.99. The van der Waals surface area contributed by atoms with Crippen molar-refractivity contribution in [2.24, 2.45) is 26.4 Å². The maximum absolute atomic E-state index is 14.7. The summed E-state index contributed by atoms with van der Waals surface area (Å²) < 4.78 is 14.7. The van der Waals surface area contributed by atoms with Gasteiger partial charge in [-0.1, -0.05) is 6.07 Å². The molecule has 0 aromatic heterocycles. The van der Waals surface area contributed by atoms with E-state index in [1.54, 1.807) is 26.3 Å². The maximum Gasteiger partial charge on any atom is 0.203 e. The fourth-order valence-corrected chi connectivity index (χ4v) is 2.36. The number of allylic oxidation sites excluding steroid dienone is 1. The van der Waals surface area contributed by atoms with Crippen LogP contribution in [0.25, 0.3) is 0 Å². The van der Waals surface area contributed by atoms with E-state index in [-0.39, 0.29) is 18.5 Å². The molecule has 2 rings (SSSR count). The molecule has 8 heteroatoms. The van der Waals surface area contributed by atoms with Crippen LogP contribution in [0.3, 0.4) is 0 Å². The van der Waals surface area contributed by atoms with Crippen LogP contribution in [0.4, 0.5) is 4.39 Å². The molecule has 0 bridgehead atoms. The molecule has 1 aromatic rings. The Morgan fingerprint density at radius 3 is 2.83 bits per heavy atom. The summed E-state index contributed by atoms with van der Waals surface area (Å²) >= 11 is 0. The van der Waals surface area contributed by atoms with Gasteiger partial charge >= 0.3 is 0 Å². The molecule has 7 nitrogen and oxygen atoms in total. The standard InChI is InChI=1S/C16H22FN7/c1-9-12(10(2)19)4-5-13(14(9)17)15-21-8-22-16(24-15)23-11(6-18)7-20-3/h4-7,10H,8,18-19H2,1-3H3,(H2,21,22,23,24)/t10-/m1/s1. The summed E-state index contributed by atoms with van der Waals surface area (Å²) in [5, 5.41) is 5.94. The molecule has 0 amide bonds.